The van der Waals surface area contributed by atoms with Gasteiger partial charge < -0.3 is 15.4 Å². The molecule has 0 aromatic heterocycles. The summed E-state index contributed by atoms with van der Waals surface area (Å²) in [6, 6.07) is 13.0. The van der Waals surface area contributed by atoms with Crippen molar-refractivity contribution in [2.45, 2.75) is 13.5 Å². The Morgan fingerprint density at radius 3 is 2.62 bits per heavy atom. The van der Waals surface area contributed by atoms with Gasteiger partial charge in [0, 0.05) is 30.4 Å². The summed E-state index contributed by atoms with van der Waals surface area (Å²) in [5.41, 5.74) is 8.91. The number of rotatable bonds is 4. The number of para-hydroxylation sites is 1. The number of nitrogens with zero attached hydrogens (tertiary/aromatic N) is 1. The summed E-state index contributed by atoms with van der Waals surface area (Å²) in [5.74, 6) is 0.754. The van der Waals surface area contributed by atoms with Gasteiger partial charge in [0.15, 0.2) is 0 Å². The first-order valence-corrected chi connectivity index (χ1v) is 6.76. The van der Waals surface area contributed by atoms with Crippen molar-refractivity contribution in [3.05, 3.63) is 59.2 Å². The van der Waals surface area contributed by atoms with Gasteiger partial charge in [-0.2, -0.15) is 0 Å². The summed E-state index contributed by atoms with van der Waals surface area (Å²) in [7, 11) is 3.41. The first-order valence-electron chi connectivity index (χ1n) is 6.76. The zero-order valence-electron chi connectivity index (χ0n) is 12.6. The summed E-state index contributed by atoms with van der Waals surface area (Å²) in [6.07, 6.45) is 0. The molecule has 2 aromatic rings. The molecule has 0 atom stereocenters. The maximum atomic E-state index is 12.5. The van der Waals surface area contributed by atoms with Crippen LogP contribution in [0.2, 0.25) is 0 Å². The van der Waals surface area contributed by atoms with Gasteiger partial charge in [0.1, 0.15) is 5.75 Å². The number of carbonyl (C=O) groups excluding carboxylic acids is 1. The number of nitrogen functional groups attached to an aromatic ring is 1. The molecule has 0 spiro atoms. The fourth-order valence-corrected chi connectivity index (χ4v) is 2.29. The summed E-state index contributed by atoms with van der Waals surface area (Å²) in [4.78, 5) is 14.2. The Labute approximate surface area is 125 Å². The third-order valence-electron chi connectivity index (χ3n) is 3.43. The Morgan fingerprint density at radius 2 is 1.95 bits per heavy atom. The molecule has 4 heteroatoms. The van der Waals surface area contributed by atoms with E-state index in [1.165, 1.54) is 0 Å². The lowest BCUT2D eigenvalue weighted by molar-refractivity contribution is 0.0783. The molecule has 0 heterocycles. The van der Waals surface area contributed by atoms with Crippen LogP contribution in [-0.4, -0.2) is 25.0 Å². The molecule has 0 radical (unpaired) electrons. The Bertz CT molecular complexity index is 653. The quantitative estimate of drug-likeness (QED) is 0.878. The smallest absolute Gasteiger partial charge is 0.254 e. The number of amides is 1. The van der Waals surface area contributed by atoms with E-state index in [0.717, 1.165) is 16.9 Å². The molecule has 4 nitrogen and oxygen atoms in total. The van der Waals surface area contributed by atoms with Crippen LogP contribution in [0.1, 0.15) is 21.5 Å². The van der Waals surface area contributed by atoms with Crippen LogP contribution in [0.25, 0.3) is 0 Å². The van der Waals surface area contributed by atoms with E-state index in [4.69, 9.17) is 10.5 Å². The van der Waals surface area contributed by atoms with Crippen LogP contribution >= 0.6 is 0 Å². The molecule has 0 saturated carbocycles. The maximum absolute atomic E-state index is 12.5. The summed E-state index contributed by atoms with van der Waals surface area (Å²) in [5, 5.41) is 0. The van der Waals surface area contributed by atoms with E-state index >= 15 is 0 Å². The Hall–Kier alpha value is -2.49. The lowest BCUT2D eigenvalue weighted by atomic mass is 10.1. The van der Waals surface area contributed by atoms with Gasteiger partial charge in [-0.05, 0) is 36.8 Å². The number of carbonyl (C=O) groups is 1. The number of aryl methyl sites for hydroxylation is 1. The van der Waals surface area contributed by atoms with Crippen LogP contribution in [-0.2, 0) is 6.54 Å². The highest BCUT2D eigenvalue weighted by molar-refractivity contribution is 5.95. The normalized spacial score (nSPS) is 10.2. The molecule has 0 aliphatic heterocycles. The molecule has 2 aromatic carbocycles. The first kappa shape index (κ1) is 14.9. The largest absolute Gasteiger partial charge is 0.496 e. The second kappa shape index (κ2) is 6.31. The molecule has 0 saturated heterocycles. The van der Waals surface area contributed by atoms with Crippen molar-refractivity contribution in [3.8, 4) is 5.75 Å². The number of benzene rings is 2. The molecular weight excluding hydrogens is 264 g/mol. The van der Waals surface area contributed by atoms with E-state index in [-0.39, 0.29) is 5.91 Å². The molecule has 0 unspecified atom stereocenters. The van der Waals surface area contributed by atoms with Crippen LogP contribution in [0.15, 0.2) is 42.5 Å². The van der Waals surface area contributed by atoms with Gasteiger partial charge in [0.2, 0.25) is 0 Å². The predicted molar refractivity (Wildman–Crippen MR) is 84.4 cm³/mol. The molecular formula is C17H20N2O2. The number of ether oxygens (including phenoxy) is 1. The topological polar surface area (TPSA) is 55.6 Å². The number of hydrogen-bond donors (Lipinski definition) is 1. The van der Waals surface area contributed by atoms with Gasteiger partial charge >= 0.3 is 0 Å². The van der Waals surface area contributed by atoms with E-state index in [0.29, 0.717) is 17.8 Å². The summed E-state index contributed by atoms with van der Waals surface area (Å²) in [6.45, 7) is 2.38. The number of nitrogens with two attached hydrogens (primary N) is 1. The van der Waals surface area contributed by atoms with Crippen molar-refractivity contribution in [2.75, 3.05) is 19.9 Å². The van der Waals surface area contributed by atoms with E-state index in [9.17, 15) is 4.79 Å². The number of hydrogen-bond acceptors (Lipinski definition) is 3. The Morgan fingerprint density at radius 1 is 1.24 bits per heavy atom. The molecule has 2 rings (SSSR count). The molecule has 110 valence electrons. The summed E-state index contributed by atoms with van der Waals surface area (Å²) >= 11 is 0. The van der Waals surface area contributed by atoms with Gasteiger partial charge in [-0.25, -0.2) is 0 Å². The van der Waals surface area contributed by atoms with E-state index in [2.05, 4.69) is 0 Å². The van der Waals surface area contributed by atoms with Crippen molar-refractivity contribution >= 4 is 11.6 Å². The fourth-order valence-electron chi connectivity index (χ4n) is 2.29. The van der Waals surface area contributed by atoms with Gasteiger partial charge in [-0.15, -0.1) is 0 Å². The molecule has 1 amide bonds. The highest BCUT2D eigenvalue weighted by atomic mass is 16.5. The van der Waals surface area contributed by atoms with Gasteiger partial charge in [-0.1, -0.05) is 18.2 Å². The van der Waals surface area contributed by atoms with Crippen molar-refractivity contribution in [3.63, 3.8) is 0 Å². The highest BCUT2D eigenvalue weighted by Crippen LogP contribution is 2.20. The standard InChI is InChI=1S/C17H20N2O2/c1-12-10-14(18)8-9-15(12)17(20)19(2)11-13-6-4-5-7-16(13)21-3/h4-10H,11,18H2,1-3H3. The van der Waals surface area contributed by atoms with Crippen molar-refractivity contribution in [2.24, 2.45) is 0 Å². The second-order valence-electron chi connectivity index (χ2n) is 5.05. The van der Waals surface area contributed by atoms with Crippen LogP contribution in [0.4, 0.5) is 5.69 Å². The second-order valence-corrected chi connectivity index (χ2v) is 5.05. The predicted octanol–water partition coefficient (Wildman–Crippen LogP) is 2.86. The highest BCUT2D eigenvalue weighted by Gasteiger charge is 2.15. The van der Waals surface area contributed by atoms with Gasteiger partial charge in [0.25, 0.3) is 5.91 Å². The maximum Gasteiger partial charge on any atom is 0.254 e. The summed E-state index contributed by atoms with van der Waals surface area (Å²) < 4.78 is 5.32. The monoisotopic (exact) mass is 284 g/mol. The van der Waals surface area contributed by atoms with E-state index < -0.39 is 0 Å². The minimum Gasteiger partial charge on any atom is -0.496 e. The SMILES string of the molecule is COc1ccccc1CN(C)C(=O)c1ccc(N)cc1C. The number of anilines is 1. The zero-order valence-corrected chi connectivity index (χ0v) is 12.6. The molecule has 0 fully saturated rings. The minimum absolute atomic E-state index is 0.0293. The average molecular weight is 284 g/mol. The van der Waals surface area contributed by atoms with Gasteiger partial charge in [-0.3, -0.25) is 4.79 Å². The Kier molecular flexibility index (Phi) is 4.48. The third-order valence-corrected chi connectivity index (χ3v) is 3.43. The van der Waals surface area contributed by atoms with Gasteiger partial charge in [0.05, 0.1) is 7.11 Å². The zero-order chi connectivity index (χ0) is 15.4. The van der Waals surface area contributed by atoms with E-state index in [1.54, 1.807) is 31.2 Å². The third kappa shape index (κ3) is 3.34. The average Bonchev–Trinajstić information content (AvgIpc) is 2.47. The Balaban J connectivity index is 2.19. The molecule has 0 aliphatic carbocycles. The molecule has 0 bridgehead atoms. The minimum atomic E-state index is -0.0293. The fraction of sp³-hybridized carbons (Fsp3) is 0.235. The van der Waals surface area contributed by atoms with E-state index in [1.807, 2.05) is 37.3 Å². The van der Waals surface area contributed by atoms with Crippen molar-refractivity contribution in [1.29, 1.82) is 0 Å². The molecule has 2 N–H and O–H groups in total. The number of methoxy groups -OCH3 is 1. The van der Waals surface area contributed by atoms with Crippen molar-refractivity contribution < 1.29 is 9.53 Å². The van der Waals surface area contributed by atoms with Crippen LogP contribution in [0.3, 0.4) is 0 Å². The van der Waals surface area contributed by atoms with Crippen molar-refractivity contribution in [1.82, 2.24) is 4.90 Å². The van der Waals surface area contributed by atoms with Crippen LogP contribution in [0.5, 0.6) is 5.75 Å². The lowest BCUT2D eigenvalue weighted by Crippen LogP contribution is -2.27. The van der Waals surface area contributed by atoms with Crippen LogP contribution < -0.4 is 10.5 Å². The van der Waals surface area contributed by atoms with Crippen LogP contribution in [0, 0.1) is 6.92 Å². The lowest BCUT2D eigenvalue weighted by Gasteiger charge is -2.20. The molecule has 0 aliphatic rings. The first-order chi connectivity index (χ1) is 10.0. The molecule has 21 heavy (non-hydrogen) atoms.